The predicted molar refractivity (Wildman–Crippen MR) is 102 cm³/mol. The molecule has 0 bridgehead atoms. The summed E-state index contributed by atoms with van der Waals surface area (Å²) in [5, 5.41) is 2.81. The number of amides is 1. The molecule has 146 valence electrons. The molecule has 8 nitrogen and oxygen atoms in total. The van der Waals surface area contributed by atoms with E-state index in [1.165, 1.54) is 10.9 Å². The third-order valence-corrected chi connectivity index (χ3v) is 4.40. The summed E-state index contributed by atoms with van der Waals surface area (Å²) >= 11 is 0. The first-order chi connectivity index (χ1) is 13.4. The van der Waals surface area contributed by atoms with Gasteiger partial charge in [-0.05, 0) is 26.3 Å². The van der Waals surface area contributed by atoms with Gasteiger partial charge in [-0.15, -0.1) is 0 Å². The van der Waals surface area contributed by atoms with Crippen LogP contribution in [0.15, 0.2) is 45.9 Å². The van der Waals surface area contributed by atoms with Crippen LogP contribution in [0.4, 0.5) is 0 Å². The van der Waals surface area contributed by atoms with Gasteiger partial charge in [0.1, 0.15) is 29.1 Å². The van der Waals surface area contributed by atoms with Gasteiger partial charge >= 0.3 is 5.97 Å². The quantitative estimate of drug-likeness (QED) is 0.656. The summed E-state index contributed by atoms with van der Waals surface area (Å²) in [6.07, 6.45) is 1.25. The monoisotopic (exact) mass is 383 g/mol. The Bertz CT molecular complexity index is 1070. The molecule has 2 aromatic heterocycles. The number of hydrogen-bond acceptors (Lipinski definition) is 6. The van der Waals surface area contributed by atoms with Gasteiger partial charge in [0.15, 0.2) is 0 Å². The molecule has 8 heteroatoms. The van der Waals surface area contributed by atoms with E-state index in [-0.39, 0.29) is 34.9 Å². The van der Waals surface area contributed by atoms with Crippen molar-refractivity contribution in [1.29, 1.82) is 0 Å². The average Bonchev–Trinajstić information content (AvgIpc) is 3.03. The summed E-state index contributed by atoms with van der Waals surface area (Å²) in [6.45, 7) is 5.33. The standard InChI is InChI=1S/C20H21N3O5/c1-4-27-20(26)15-13(3)28-18-16(15)19(25)23(11-22-18)12(2)17(24)21-10-14-8-6-5-7-9-14/h5-9,11-12H,4,10H2,1-3H3,(H,21,24)/t12-/m1/s1. The van der Waals surface area contributed by atoms with Crippen LogP contribution in [0.5, 0.6) is 0 Å². The van der Waals surface area contributed by atoms with Gasteiger partial charge in [-0.1, -0.05) is 30.3 Å². The van der Waals surface area contributed by atoms with Crippen LogP contribution in [-0.4, -0.2) is 28.0 Å². The summed E-state index contributed by atoms with van der Waals surface area (Å²) in [4.78, 5) is 41.8. The molecule has 0 aliphatic carbocycles. The van der Waals surface area contributed by atoms with Gasteiger partial charge in [0.05, 0.1) is 6.61 Å². The van der Waals surface area contributed by atoms with Crippen molar-refractivity contribution in [3.63, 3.8) is 0 Å². The lowest BCUT2D eigenvalue weighted by atomic mass is 10.2. The minimum atomic E-state index is -0.821. The zero-order valence-corrected chi connectivity index (χ0v) is 15.9. The first-order valence-electron chi connectivity index (χ1n) is 8.93. The first-order valence-corrected chi connectivity index (χ1v) is 8.93. The molecular formula is C20H21N3O5. The van der Waals surface area contributed by atoms with Crippen LogP contribution in [-0.2, 0) is 16.1 Å². The fraction of sp³-hybridized carbons (Fsp3) is 0.300. The Hall–Kier alpha value is -3.42. The zero-order valence-electron chi connectivity index (χ0n) is 15.9. The molecule has 0 saturated carbocycles. The number of aromatic nitrogens is 2. The topological polar surface area (TPSA) is 103 Å². The van der Waals surface area contributed by atoms with E-state index in [1.54, 1.807) is 20.8 Å². The number of furan rings is 1. The normalized spacial score (nSPS) is 12.0. The second kappa shape index (κ2) is 8.08. The number of fused-ring (bicyclic) bond motifs is 1. The van der Waals surface area contributed by atoms with Gasteiger partial charge in [0, 0.05) is 6.54 Å². The number of esters is 1. The van der Waals surface area contributed by atoms with Gasteiger partial charge in [0.2, 0.25) is 11.6 Å². The Morgan fingerprint density at radius 2 is 2.00 bits per heavy atom. The molecule has 1 aromatic carbocycles. The van der Waals surface area contributed by atoms with Crippen LogP contribution in [0.25, 0.3) is 11.1 Å². The molecule has 0 unspecified atom stereocenters. The molecule has 1 atom stereocenters. The smallest absolute Gasteiger partial charge is 0.342 e. The van der Waals surface area contributed by atoms with Crippen molar-refractivity contribution in [2.45, 2.75) is 33.4 Å². The molecule has 0 fully saturated rings. The average molecular weight is 383 g/mol. The van der Waals surface area contributed by atoms with Gasteiger partial charge in [-0.25, -0.2) is 9.78 Å². The molecule has 3 rings (SSSR count). The van der Waals surface area contributed by atoms with Crippen molar-refractivity contribution in [3.8, 4) is 0 Å². The van der Waals surface area contributed by atoms with E-state index in [2.05, 4.69) is 10.3 Å². The van der Waals surface area contributed by atoms with Gasteiger partial charge in [-0.3, -0.25) is 14.2 Å². The predicted octanol–water partition coefficient (Wildman–Crippen LogP) is 2.35. The van der Waals surface area contributed by atoms with E-state index in [0.717, 1.165) is 5.56 Å². The summed E-state index contributed by atoms with van der Waals surface area (Å²) in [5.41, 5.74) is 0.491. The highest BCUT2D eigenvalue weighted by Crippen LogP contribution is 2.22. The molecular weight excluding hydrogens is 362 g/mol. The molecule has 0 aliphatic heterocycles. The zero-order chi connectivity index (χ0) is 20.3. The number of hydrogen-bond donors (Lipinski definition) is 1. The van der Waals surface area contributed by atoms with E-state index < -0.39 is 17.6 Å². The lowest BCUT2D eigenvalue weighted by Gasteiger charge is -2.14. The maximum atomic E-state index is 13.0. The molecule has 2 heterocycles. The fourth-order valence-corrected chi connectivity index (χ4v) is 2.90. The summed E-state index contributed by atoms with van der Waals surface area (Å²) < 4.78 is 11.6. The second-order valence-electron chi connectivity index (χ2n) is 6.27. The molecule has 3 aromatic rings. The van der Waals surface area contributed by atoms with Gasteiger partial charge in [0.25, 0.3) is 5.56 Å². The minimum Gasteiger partial charge on any atom is -0.462 e. The highest BCUT2D eigenvalue weighted by Gasteiger charge is 2.26. The molecule has 0 aliphatic rings. The van der Waals surface area contributed by atoms with Crippen molar-refractivity contribution in [3.05, 3.63) is 63.9 Å². The van der Waals surface area contributed by atoms with E-state index in [1.807, 2.05) is 30.3 Å². The minimum absolute atomic E-state index is 0.0150. The van der Waals surface area contributed by atoms with Crippen molar-refractivity contribution in [1.82, 2.24) is 14.9 Å². The Labute approximate surface area is 161 Å². The molecule has 0 radical (unpaired) electrons. The Balaban J connectivity index is 1.91. The van der Waals surface area contributed by atoms with Crippen LogP contribution >= 0.6 is 0 Å². The SMILES string of the molecule is CCOC(=O)c1c(C)oc2ncn([C@H](C)C(=O)NCc3ccccc3)c(=O)c12. The lowest BCUT2D eigenvalue weighted by molar-refractivity contribution is -0.124. The number of rotatable bonds is 6. The molecule has 0 spiro atoms. The Morgan fingerprint density at radius 3 is 2.68 bits per heavy atom. The van der Waals surface area contributed by atoms with E-state index in [4.69, 9.17) is 9.15 Å². The van der Waals surface area contributed by atoms with Gasteiger partial charge < -0.3 is 14.5 Å². The van der Waals surface area contributed by atoms with E-state index in [0.29, 0.717) is 6.54 Å². The summed E-state index contributed by atoms with van der Waals surface area (Å²) in [6, 6.07) is 8.62. The number of nitrogens with one attached hydrogen (secondary N) is 1. The van der Waals surface area contributed by atoms with Crippen LogP contribution in [0.1, 0.15) is 41.6 Å². The fourth-order valence-electron chi connectivity index (χ4n) is 2.90. The largest absolute Gasteiger partial charge is 0.462 e. The second-order valence-corrected chi connectivity index (χ2v) is 6.27. The maximum absolute atomic E-state index is 13.0. The number of benzene rings is 1. The number of carbonyl (C=O) groups is 2. The molecule has 1 amide bonds. The Morgan fingerprint density at radius 1 is 1.29 bits per heavy atom. The van der Waals surface area contributed by atoms with E-state index >= 15 is 0 Å². The van der Waals surface area contributed by atoms with Crippen LogP contribution in [0.2, 0.25) is 0 Å². The van der Waals surface area contributed by atoms with Crippen LogP contribution in [0, 0.1) is 6.92 Å². The van der Waals surface area contributed by atoms with Gasteiger partial charge in [-0.2, -0.15) is 0 Å². The highest BCUT2D eigenvalue weighted by molar-refractivity contribution is 6.03. The Kier molecular flexibility index (Phi) is 5.58. The number of nitrogens with zero attached hydrogens (tertiary/aromatic N) is 2. The molecule has 0 saturated heterocycles. The van der Waals surface area contributed by atoms with Crippen molar-refractivity contribution < 1.29 is 18.7 Å². The van der Waals surface area contributed by atoms with Crippen LogP contribution < -0.4 is 10.9 Å². The number of carbonyl (C=O) groups excluding carboxylic acids is 2. The summed E-state index contributed by atoms with van der Waals surface area (Å²) in [7, 11) is 0. The lowest BCUT2D eigenvalue weighted by Crippen LogP contribution is -2.35. The third kappa shape index (κ3) is 3.66. The van der Waals surface area contributed by atoms with Crippen LogP contribution in [0.3, 0.4) is 0 Å². The van der Waals surface area contributed by atoms with Crippen molar-refractivity contribution in [2.24, 2.45) is 0 Å². The van der Waals surface area contributed by atoms with Crippen molar-refractivity contribution >= 4 is 23.0 Å². The number of aryl methyl sites for hydroxylation is 1. The maximum Gasteiger partial charge on any atom is 0.342 e. The third-order valence-electron chi connectivity index (χ3n) is 4.40. The molecule has 28 heavy (non-hydrogen) atoms. The molecule has 1 N–H and O–H groups in total. The van der Waals surface area contributed by atoms with E-state index in [9.17, 15) is 14.4 Å². The first kappa shape index (κ1) is 19.3. The highest BCUT2D eigenvalue weighted by atomic mass is 16.5. The number of ether oxygens (including phenoxy) is 1. The van der Waals surface area contributed by atoms with Crippen molar-refractivity contribution in [2.75, 3.05) is 6.61 Å². The summed E-state index contributed by atoms with van der Waals surface area (Å²) in [5.74, 6) is -0.751.